The van der Waals surface area contributed by atoms with Crippen LogP contribution in [0.15, 0.2) is 42.6 Å². The summed E-state index contributed by atoms with van der Waals surface area (Å²) in [5, 5.41) is 0. The van der Waals surface area contributed by atoms with Crippen LogP contribution in [-0.2, 0) is 6.42 Å². The molecule has 0 amide bonds. The summed E-state index contributed by atoms with van der Waals surface area (Å²) in [6, 6.07) is 12.8. The van der Waals surface area contributed by atoms with Gasteiger partial charge in [0.2, 0.25) is 0 Å². The summed E-state index contributed by atoms with van der Waals surface area (Å²) in [6.45, 7) is 2.28. The fourth-order valence-electron chi connectivity index (χ4n) is 2.69. The molecule has 2 aromatic rings. The molecule has 0 saturated heterocycles. The molecule has 0 N–H and O–H groups in total. The molecular formula is C16H17N. The number of rotatable bonds is 1. The Hall–Kier alpha value is -1.63. The van der Waals surface area contributed by atoms with E-state index < -0.39 is 0 Å². The van der Waals surface area contributed by atoms with Gasteiger partial charge >= 0.3 is 0 Å². The van der Waals surface area contributed by atoms with Gasteiger partial charge in [-0.15, -0.1) is 0 Å². The number of hydrogen-bond acceptors (Lipinski definition) is 1. The van der Waals surface area contributed by atoms with Crippen LogP contribution < -0.4 is 0 Å². The van der Waals surface area contributed by atoms with Gasteiger partial charge in [0.25, 0.3) is 0 Å². The molecule has 1 aliphatic carbocycles. The molecule has 1 atom stereocenters. The van der Waals surface area contributed by atoms with Crippen molar-refractivity contribution in [3.8, 4) is 11.1 Å². The minimum atomic E-state index is 0.628. The Morgan fingerprint density at radius 1 is 1.12 bits per heavy atom. The first-order valence-corrected chi connectivity index (χ1v) is 6.39. The molecule has 0 radical (unpaired) electrons. The van der Waals surface area contributed by atoms with Crippen molar-refractivity contribution in [2.45, 2.75) is 32.1 Å². The maximum absolute atomic E-state index is 4.68. The van der Waals surface area contributed by atoms with Crippen molar-refractivity contribution < 1.29 is 0 Å². The van der Waals surface area contributed by atoms with Crippen LogP contribution in [0.25, 0.3) is 11.1 Å². The van der Waals surface area contributed by atoms with Gasteiger partial charge in [0.05, 0.1) is 0 Å². The van der Waals surface area contributed by atoms with Crippen molar-refractivity contribution in [3.05, 3.63) is 53.9 Å². The molecule has 1 heterocycles. The summed E-state index contributed by atoms with van der Waals surface area (Å²) in [4.78, 5) is 4.68. The standard InChI is InChI=1S/C16H17N/c1-12-6-5-9-14-10-15(11-17-16(12)14)13-7-3-2-4-8-13/h2-4,7-8,10-12H,5-6,9H2,1H3. The van der Waals surface area contributed by atoms with Crippen LogP contribution in [0, 0.1) is 0 Å². The van der Waals surface area contributed by atoms with Crippen molar-refractivity contribution in [3.63, 3.8) is 0 Å². The summed E-state index contributed by atoms with van der Waals surface area (Å²) >= 11 is 0. The highest BCUT2D eigenvalue weighted by molar-refractivity contribution is 5.63. The average Bonchev–Trinajstić information content (AvgIpc) is 2.40. The highest BCUT2D eigenvalue weighted by Gasteiger charge is 2.17. The number of fused-ring (bicyclic) bond motifs is 1. The van der Waals surface area contributed by atoms with Gasteiger partial charge in [-0.25, -0.2) is 0 Å². The third-order valence-electron chi connectivity index (χ3n) is 3.66. The van der Waals surface area contributed by atoms with E-state index in [1.54, 1.807) is 0 Å². The van der Waals surface area contributed by atoms with E-state index in [9.17, 15) is 0 Å². The van der Waals surface area contributed by atoms with Crippen molar-refractivity contribution in [1.29, 1.82) is 0 Å². The molecule has 0 bridgehead atoms. The van der Waals surface area contributed by atoms with Gasteiger partial charge in [0, 0.05) is 17.5 Å². The molecule has 0 saturated carbocycles. The van der Waals surface area contributed by atoms with Crippen LogP contribution in [0.4, 0.5) is 0 Å². The molecule has 1 aromatic carbocycles. The molecular weight excluding hydrogens is 206 g/mol. The van der Waals surface area contributed by atoms with E-state index in [-0.39, 0.29) is 0 Å². The molecule has 1 aliphatic rings. The maximum atomic E-state index is 4.68. The molecule has 0 fully saturated rings. The van der Waals surface area contributed by atoms with E-state index in [0.717, 1.165) is 0 Å². The predicted molar refractivity (Wildman–Crippen MR) is 71.0 cm³/mol. The first-order chi connectivity index (χ1) is 8.34. The molecule has 1 nitrogen and oxygen atoms in total. The minimum absolute atomic E-state index is 0.628. The molecule has 1 heteroatoms. The zero-order chi connectivity index (χ0) is 11.7. The topological polar surface area (TPSA) is 12.9 Å². The molecule has 0 spiro atoms. The third-order valence-corrected chi connectivity index (χ3v) is 3.66. The van der Waals surface area contributed by atoms with Gasteiger partial charge in [0.15, 0.2) is 0 Å². The number of aromatic nitrogens is 1. The van der Waals surface area contributed by atoms with E-state index in [4.69, 9.17) is 0 Å². The van der Waals surface area contributed by atoms with Crippen LogP contribution in [0.1, 0.15) is 36.9 Å². The summed E-state index contributed by atoms with van der Waals surface area (Å²) < 4.78 is 0. The quantitative estimate of drug-likeness (QED) is 0.706. The Morgan fingerprint density at radius 3 is 2.76 bits per heavy atom. The molecule has 3 rings (SSSR count). The second-order valence-electron chi connectivity index (χ2n) is 4.93. The lowest BCUT2D eigenvalue weighted by Crippen LogP contribution is -2.09. The van der Waals surface area contributed by atoms with Gasteiger partial charge in [-0.1, -0.05) is 37.3 Å². The number of aryl methyl sites for hydroxylation is 1. The lowest BCUT2D eigenvalue weighted by Gasteiger charge is -2.21. The van der Waals surface area contributed by atoms with Gasteiger partial charge in [-0.2, -0.15) is 0 Å². The Labute approximate surface area is 103 Å². The van der Waals surface area contributed by atoms with Crippen LogP contribution >= 0.6 is 0 Å². The second kappa shape index (κ2) is 4.33. The predicted octanol–water partition coefficient (Wildman–Crippen LogP) is 4.19. The van der Waals surface area contributed by atoms with Crippen molar-refractivity contribution in [2.75, 3.05) is 0 Å². The average molecular weight is 223 g/mol. The number of pyridine rings is 1. The zero-order valence-corrected chi connectivity index (χ0v) is 10.2. The lowest BCUT2D eigenvalue weighted by molar-refractivity contribution is 0.574. The van der Waals surface area contributed by atoms with Crippen LogP contribution in [0.2, 0.25) is 0 Å². The molecule has 17 heavy (non-hydrogen) atoms. The first-order valence-electron chi connectivity index (χ1n) is 6.39. The fraction of sp³-hybridized carbons (Fsp3) is 0.312. The first kappa shape index (κ1) is 10.5. The Morgan fingerprint density at radius 2 is 1.94 bits per heavy atom. The summed E-state index contributed by atoms with van der Waals surface area (Å²) in [7, 11) is 0. The maximum Gasteiger partial charge on any atom is 0.0464 e. The van der Waals surface area contributed by atoms with Crippen molar-refractivity contribution in [2.24, 2.45) is 0 Å². The normalized spacial score (nSPS) is 18.8. The van der Waals surface area contributed by atoms with E-state index in [0.29, 0.717) is 5.92 Å². The highest BCUT2D eigenvalue weighted by atomic mass is 14.7. The van der Waals surface area contributed by atoms with Crippen LogP contribution in [0.3, 0.4) is 0 Å². The fourth-order valence-corrected chi connectivity index (χ4v) is 2.69. The van der Waals surface area contributed by atoms with E-state index >= 15 is 0 Å². The van der Waals surface area contributed by atoms with Crippen molar-refractivity contribution >= 4 is 0 Å². The molecule has 1 aromatic heterocycles. The van der Waals surface area contributed by atoms with E-state index in [1.807, 2.05) is 6.20 Å². The zero-order valence-electron chi connectivity index (χ0n) is 10.2. The van der Waals surface area contributed by atoms with Crippen LogP contribution in [0.5, 0.6) is 0 Å². The van der Waals surface area contributed by atoms with Gasteiger partial charge in [0.1, 0.15) is 0 Å². The largest absolute Gasteiger partial charge is 0.260 e. The third kappa shape index (κ3) is 1.97. The second-order valence-corrected chi connectivity index (χ2v) is 4.93. The molecule has 86 valence electrons. The summed E-state index contributed by atoms with van der Waals surface area (Å²) in [6.07, 6.45) is 5.79. The number of nitrogens with zero attached hydrogens (tertiary/aromatic N) is 1. The van der Waals surface area contributed by atoms with E-state index in [2.05, 4.69) is 48.3 Å². The Kier molecular flexibility index (Phi) is 2.68. The SMILES string of the molecule is CC1CCCc2cc(-c3ccccc3)cnc21. The smallest absolute Gasteiger partial charge is 0.0464 e. The monoisotopic (exact) mass is 223 g/mol. The molecule has 1 unspecified atom stereocenters. The lowest BCUT2D eigenvalue weighted by atomic mass is 9.87. The number of hydrogen-bond donors (Lipinski definition) is 0. The number of benzene rings is 1. The molecule has 0 aliphatic heterocycles. The van der Waals surface area contributed by atoms with E-state index in [1.165, 1.54) is 41.6 Å². The van der Waals surface area contributed by atoms with Crippen molar-refractivity contribution in [1.82, 2.24) is 4.98 Å². The highest BCUT2D eigenvalue weighted by Crippen LogP contribution is 2.31. The Bertz CT molecular complexity index is 516. The van der Waals surface area contributed by atoms with Crippen LogP contribution in [-0.4, -0.2) is 4.98 Å². The summed E-state index contributed by atoms with van der Waals surface area (Å²) in [5.74, 6) is 0.628. The van der Waals surface area contributed by atoms with Gasteiger partial charge < -0.3 is 0 Å². The minimum Gasteiger partial charge on any atom is -0.260 e. The van der Waals surface area contributed by atoms with Gasteiger partial charge in [-0.05, 0) is 42.4 Å². The van der Waals surface area contributed by atoms with Gasteiger partial charge in [-0.3, -0.25) is 4.98 Å². The summed E-state index contributed by atoms with van der Waals surface area (Å²) in [5.41, 5.74) is 5.28. The Balaban J connectivity index is 2.04.